The minimum absolute atomic E-state index is 0. The summed E-state index contributed by atoms with van der Waals surface area (Å²) in [5.41, 5.74) is 0. The van der Waals surface area contributed by atoms with Crippen molar-refractivity contribution in [3.05, 3.63) is 24.3 Å². The van der Waals surface area contributed by atoms with Crippen LogP contribution in [-0.2, 0) is 51.9 Å². The molecule has 0 radical (unpaired) electrons. The van der Waals surface area contributed by atoms with Crippen LogP contribution < -0.4 is 29.6 Å². The summed E-state index contributed by atoms with van der Waals surface area (Å²) in [4.78, 5) is 26.9. The van der Waals surface area contributed by atoms with Crippen LogP contribution in [0.2, 0.25) is 54.4 Å². The Morgan fingerprint density at radius 2 is 0.838 bits per heavy atom. The molecule has 0 aromatic heterocycles. The van der Waals surface area contributed by atoms with Crippen LogP contribution >= 0.6 is 0 Å². The maximum Gasteiger partial charge on any atom is 1.00 e. The molecule has 0 aliphatic carbocycles. The van der Waals surface area contributed by atoms with E-state index in [-0.39, 0.29) is 76.7 Å². The summed E-state index contributed by atoms with van der Waals surface area (Å²) in [5.74, 6) is -1.67. The molecule has 0 aromatic carbocycles. The van der Waals surface area contributed by atoms with E-state index in [9.17, 15) is 22.6 Å². The Labute approximate surface area is 518 Å². The Bertz CT molecular complexity index is 1810. The number of unbranched alkanes of at least 4 members (excludes halogenated alkanes) is 22. The molecule has 1 aliphatic rings. The normalized spacial score (nSPS) is 19.4. The van der Waals surface area contributed by atoms with E-state index in [0.29, 0.717) is 12.8 Å². The molecule has 80 heavy (non-hydrogen) atoms. The number of hydrogen-bond acceptors (Lipinski definition) is 12. The van der Waals surface area contributed by atoms with Gasteiger partial charge >= 0.3 is 41.5 Å². The third-order valence-corrected chi connectivity index (χ3v) is 31.3. The molecule has 466 valence electrons. The number of carbonyl (C=O) groups is 2. The van der Waals surface area contributed by atoms with Crippen molar-refractivity contribution < 1.29 is 84.3 Å². The number of carbonyl (C=O) groups excluding carboxylic acids is 2. The molecule has 6 atom stereocenters. The fourth-order valence-corrected chi connectivity index (χ4v) is 13.4. The van der Waals surface area contributed by atoms with Crippen molar-refractivity contribution in [1.29, 1.82) is 0 Å². The second kappa shape index (κ2) is 41.0. The third kappa shape index (κ3) is 34.8. The first-order chi connectivity index (χ1) is 36.8. The van der Waals surface area contributed by atoms with Gasteiger partial charge in [-0.05, 0) is 119 Å². The predicted octanol–water partition coefficient (Wildman–Crippen LogP) is 15.0. The van der Waals surface area contributed by atoms with Gasteiger partial charge < -0.3 is 36.8 Å². The number of ether oxygens (including phenoxy) is 4. The average molecular weight is 1210 g/mol. The van der Waals surface area contributed by atoms with Crippen molar-refractivity contribution >= 4 is 47.0 Å². The summed E-state index contributed by atoms with van der Waals surface area (Å²) in [6, 6.07) is 0. The first-order valence-electron chi connectivity index (χ1n) is 31.7. The van der Waals surface area contributed by atoms with Gasteiger partial charge in [0, 0.05) is 12.8 Å². The Morgan fingerprint density at radius 1 is 0.500 bits per heavy atom. The van der Waals surface area contributed by atoms with Gasteiger partial charge in [0.15, 0.2) is 37.3 Å². The predicted molar refractivity (Wildman–Crippen MR) is 335 cm³/mol. The molecule has 17 heteroatoms. The van der Waals surface area contributed by atoms with Crippen LogP contribution in [0.15, 0.2) is 24.3 Å². The number of esters is 2. The third-order valence-electron chi connectivity index (χ3n) is 17.1. The van der Waals surface area contributed by atoms with Gasteiger partial charge in [0.05, 0.1) is 28.6 Å². The van der Waals surface area contributed by atoms with E-state index in [2.05, 4.69) is 140 Å². The molecular weight excluding hydrogens is 1090 g/mol. The monoisotopic (exact) mass is 1210 g/mol. The van der Waals surface area contributed by atoms with Gasteiger partial charge in [0.25, 0.3) is 0 Å². The van der Waals surface area contributed by atoms with Crippen LogP contribution in [0, 0.1) is 0 Å². The summed E-state index contributed by atoms with van der Waals surface area (Å²) in [7, 11) is -12.9. The maximum absolute atomic E-state index is 13.6. The zero-order chi connectivity index (χ0) is 59.8. The molecule has 1 aliphatic heterocycles. The fraction of sp³-hybridized carbons (Fsp3) is 0.905. The van der Waals surface area contributed by atoms with E-state index in [0.717, 1.165) is 77.0 Å². The van der Waals surface area contributed by atoms with E-state index in [1.165, 1.54) is 77.0 Å². The summed E-state index contributed by atoms with van der Waals surface area (Å²) in [5, 5.41) is -0.840. The molecular formula is C63H123NaO12SSi3. The topological polar surface area (TPSA) is 156 Å². The standard InChI is InChI=1S/C63H124O12SSi3.Na/c1-18-20-22-24-26-28-30-32-34-36-38-40-42-44-46-48-55(64)69-50-53(71-56(65)49-47-45-43-41-39-37-35-33-31-29-27-25-23-21-19-2)51-70-60-59(75-79(16,17)63(9,10)11)58(74-78(14,15)62(6,7)8)57(54(72-60)52-76(66,67)68)73-77(12,13)61(3,4)5;/h32-35,53-54,57-60H,18-31,36-52H2,1-17H3,(H,66,67,68);/q;+1/p-1/b34-32-,35-33-;/t53?,54-,57-,58+,59-,60+;/m1./s1. The van der Waals surface area contributed by atoms with Crippen molar-refractivity contribution in [3.63, 3.8) is 0 Å². The Balaban J connectivity index is 0.0000624. The smallest absolute Gasteiger partial charge is 0.748 e. The van der Waals surface area contributed by atoms with Gasteiger partial charge in [-0.25, -0.2) is 8.42 Å². The molecule has 0 aromatic rings. The summed E-state index contributed by atoms with van der Waals surface area (Å²) < 4.78 is 85.6. The van der Waals surface area contributed by atoms with Crippen LogP contribution in [-0.4, -0.2) is 106 Å². The van der Waals surface area contributed by atoms with Gasteiger partial charge in [0.2, 0.25) is 0 Å². The second-order valence-corrected chi connectivity index (χ2v) is 43.3. The van der Waals surface area contributed by atoms with E-state index >= 15 is 0 Å². The van der Waals surface area contributed by atoms with Crippen molar-refractivity contribution in [2.75, 3.05) is 19.0 Å². The van der Waals surface area contributed by atoms with E-state index in [1.807, 2.05) is 0 Å². The first-order valence-corrected chi connectivity index (χ1v) is 42.0. The quantitative estimate of drug-likeness (QED) is 0.0187. The fourth-order valence-electron chi connectivity index (χ4n) is 8.80. The zero-order valence-electron chi connectivity index (χ0n) is 55.0. The minimum Gasteiger partial charge on any atom is -0.748 e. The van der Waals surface area contributed by atoms with Crippen molar-refractivity contribution in [1.82, 2.24) is 0 Å². The van der Waals surface area contributed by atoms with Crippen molar-refractivity contribution in [2.45, 2.75) is 347 Å². The molecule has 0 amide bonds. The summed E-state index contributed by atoms with van der Waals surface area (Å²) in [6.07, 6.45) is 33.3. The maximum atomic E-state index is 13.6. The Kier molecular flexibility index (Phi) is 40.9. The van der Waals surface area contributed by atoms with Crippen LogP contribution in [0.5, 0.6) is 0 Å². The molecule has 1 saturated heterocycles. The second-order valence-electron chi connectivity index (χ2n) is 27.6. The largest absolute Gasteiger partial charge is 1.00 e. The summed E-state index contributed by atoms with van der Waals surface area (Å²) >= 11 is 0. The van der Waals surface area contributed by atoms with Crippen LogP contribution in [0.3, 0.4) is 0 Å². The van der Waals surface area contributed by atoms with Gasteiger partial charge in [0.1, 0.15) is 24.9 Å². The Hall–Kier alpha value is -0.219. The van der Waals surface area contributed by atoms with Crippen LogP contribution in [0.25, 0.3) is 0 Å². The van der Waals surface area contributed by atoms with Gasteiger partial charge in [-0.3, -0.25) is 9.59 Å². The van der Waals surface area contributed by atoms with Crippen LogP contribution in [0.4, 0.5) is 0 Å². The Morgan fingerprint density at radius 3 is 1.21 bits per heavy atom. The molecule has 0 saturated carbocycles. The molecule has 1 unspecified atom stereocenters. The van der Waals surface area contributed by atoms with E-state index < -0.39 is 83.6 Å². The summed E-state index contributed by atoms with van der Waals surface area (Å²) in [6.45, 7) is 35.8. The van der Waals surface area contributed by atoms with Gasteiger partial charge in [-0.2, -0.15) is 0 Å². The van der Waals surface area contributed by atoms with Gasteiger partial charge in [-0.15, -0.1) is 0 Å². The molecule has 1 heterocycles. The molecule has 0 spiro atoms. The van der Waals surface area contributed by atoms with Gasteiger partial charge in [-0.1, -0.05) is 203 Å². The molecule has 1 rings (SSSR count). The number of allylic oxidation sites excluding steroid dienone is 4. The molecule has 1 fully saturated rings. The van der Waals surface area contributed by atoms with Crippen molar-refractivity contribution in [2.24, 2.45) is 0 Å². The molecule has 0 bridgehead atoms. The minimum atomic E-state index is -4.86. The van der Waals surface area contributed by atoms with E-state index in [4.69, 9.17) is 32.2 Å². The average Bonchev–Trinajstić information content (AvgIpc) is 3.32. The van der Waals surface area contributed by atoms with Crippen molar-refractivity contribution in [3.8, 4) is 0 Å². The molecule has 12 nitrogen and oxygen atoms in total. The first kappa shape index (κ1) is 79.8. The zero-order valence-corrected chi connectivity index (χ0v) is 60.8. The molecule has 0 N–H and O–H groups in total. The van der Waals surface area contributed by atoms with Crippen LogP contribution in [0.1, 0.15) is 256 Å². The van der Waals surface area contributed by atoms with E-state index in [1.54, 1.807) is 0 Å². The number of hydrogen-bond donors (Lipinski definition) is 0. The SMILES string of the molecule is CCCCCCCC/C=C\CCCCCCCC(=O)OCC(CO[C@H]1O[C@H](CS(=O)(=O)[O-])[C@@H](O[Si](C)(C)C(C)(C)C)[C@H](O[Si](C)(C)C(C)(C)C)[C@H]1O[Si](C)(C)C(C)(C)C)OC(=O)CCCCCCC/C=C\CCCCCCCC.[Na+]. The number of rotatable bonds is 44.